The number of nitrogens with zero attached hydrogens (tertiary/aromatic N) is 2. The van der Waals surface area contributed by atoms with E-state index in [1.807, 2.05) is 11.8 Å². The number of nitrogens with one attached hydrogen (secondary N) is 1. The van der Waals surface area contributed by atoms with Gasteiger partial charge >= 0.3 is 0 Å². The van der Waals surface area contributed by atoms with Crippen molar-refractivity contribution in [1.82, 2.24) is 15.1 Å². The van der Waals surface area contributed by atoms with E-state index in [1.54, 1.807) is 0 Å². The van der Waals surface area contributed by atoms with E-state index >= 15 is 0 Å². The van der Waals surface area contributed by atoms with Gasteiger partial charge in [-0.25, -0.2) is 0 Å². The first-order valence-corrected chi connectivity index (χ1v) is 5.77. The molecule has 1 aliphatic heterocycles. The van der Waals surface area contributed by atoms with Gasteiger partial charge in [-0.1, -0.05) is 6.92 Å². The van der Waals surface area contributed by atoms with Crippen molar-refractivity contribution in [2.75, 3.05) is 27.2 Å². The fourth-order valence-electron chi connectivity index (χ4n) is 2.00. The van der Waals surface area contributed by atoms with Gasteiger partial charge in [-0.05, 0) is 40.4 Å². The Morgan fingerprint density at radius 2 is 2.13 bits per heavy atom. The van der Waals surface area contributed by atoms with Crippen LogP contribution < -0.4 is 5.32 Å². The van der Waals surface area contributed by atoms with Gasteiger partial charge in [0, 0.05) is 6.54 Å². The van der Waals surface area contributed by atoms with Crippen LogP contribution in [-0.2, 0) is 4.79 Å². The summed E-state index contributed by atoms with van der Waals surface area (Å²) in [7, 11) is 4.12. The summed E-state index contributed by atoms with van der Waals surface area (Å²) in [5.41, 5.74) is 0. The molecular weight excluding hydrogens is 190 g/mol. The van der Waals surface area contributed by atoms with Crippen molar-refractivity contribution in [3.05, 3.63) is 0 Å². The van der Waals surface area contributed by atoms with Gasteiger partial charge in [0.2, 0.25) is 5.91 Å². The van der Waals surface area contributed by atoms with Crippen molar-refractivity contribution in [3.63, 3.8) is 0 Å². The maximum absolute atomic E-state index is 11.9. The largest absolute Gasteiger partial charge is 0.326 e. The third kappa shape index (κ3) is 3.18. The van der Waals surface area contributed by atoms with E-state index < -0.39 is 0 Å². The van der Waals surface area contributed by atoms with Gasteiger partial charge in [0.15, 0.2) is 0 Å². The molecule has 1 fully saturated rings. The maximum Gasteiger partial charge on any atom is 0.240 e. The Balaban J connectivity index is 2.37. The van der Waals surface area contributed by atoms with Gasteiger partial charge in [0.25, 0.3) is 0 Å². The van der Waals surface area contributed by atoms with Crippen molar-refractivity contribution >= 4 is 5.91 Å². The summed E-state index contributed by atoms with van der Waals surface area (Å²) in [6.45, 7) is 6.00. The standard InChI is InChI=1S/C11H23N3O/c1-5-10-11(15)14(9(2)12-10)8-6-7-13(3)4/h9-10,12H,5-8H2,1-4H3. The lowest BCUT2D eigenvalue weighted by Gasteiger charge is -2.21. The summed E-state index contributed by atoms with van der Waals surface area (Å²) in [5, 5.41) is 3.30. The molecule has 0 aromatic heterocycles. The third-order valence-electron chi connectivity index (χ3n) is 2.90. The fraction of sp³-hybridized carbons (Fsp3) is 0.909. The van der Waals surface area contributed by atoms with Crippen molar-refractivity contribution in [2.45, 2.75) is 38.9 Å². The van der Waals surface area contributed by atoms with Crippen LogP contribution in [0.15, 0.2) is 0 Å². The average Bonchev–Trinajstić information content (AvgIpc) is 2.44. The number of carbonyl (C=O) groups excluding carboxylic acids is 1. The Hall–Kier alpha value is -0.610. The molecular formula is C11H23N3O. The number of hydrogen-bond acceptors (Lipinski definition) is 3. The van der Waals surface area contributed by atoms with Gasteiger partial charge < -0.3 is 9.80 Å². The van der Waals surface area contributed by atoms with Crippen molar-refractivity contribution in [1.29, 1.82) is 0 Å². The molecule has 4 heteroatoms. The minimum absolute atomic E-state index is 0.0411. The van der Waals surface area contributed by atoms with E-state index in [2.05, 4.69) is 31.2 Å². The highest BCUT2D eigenvalue weighted by Crippen LogP contribution is 2.12. The summed E-state index contributed by atoms with van der Waals surface area (Å²) in [6.07, 6.45) is 2.12. The van der Waals surface area contributed by atoms with Crippen molar-refractivity contribution < 1.29 is 4.79 Å². The molecule has 1 rings (SSSR count). The van der Waals surface area contributed by atoms with E-state index in [-0.39, 0.29) is 18.1 Å². The van der Waals surface area contributed by atoms with Crippen LogP contribution in [0, 0.1) is 0 Å². The van der Waals surface area contributed by atoms with E-state index in [4.69, 9.17) is 0 Å². The quantitative estimate of drug-likeness (QED) is 0.722. The smallest absolute Gasteiger partial charge is 0.240 e. The summed E-state index contributed by atoms with van der Waals surface area (Å²) >= 11 is 0. The molecule has 4 nitrogen and oxygen atoms in total. The predicted octanol–water partition coefficient (Wildman–Crippen LogP) is 0.494. The predicted molar refractivity (Wildman–Crippen MR) is 61.6 cm³/mol. The van der Waals surface area contributed by atoms with Gasteiger partial charge in [-0.2, -0.15) is 0 Å². The summed E-state index contributed by atoms with van der Waals surface area (Å²) in [6, 6.07) is 0.0411. The van der Waals surface area contributed by atoms with Crippen LogP contribution in [0.1, 0.15) is 26.7 Å². The van der Waals surface area contributed by atoms with Gasteiger partial charge in [0.05, 0.1) is 12.2 Å². The summed E-state index contributed by atoms with van der Waals surface area (Å²) in [5.74, 6) is 0.267. The molecule has 1 amide bonds. The maximum atomic E-state index is 11.9. The number of amides is 1. The summed E-state index contributed by atoms with van der Waals surface area (Å²) in [4.78, 5) is 16.0. The number of rotatable bonds is 5. The van der Waals surface area contributed by atoms with Crippen LogP contribution >= 0.6 is 0 Å². The molecule has 88 valence electrons. The summed E-state index contributed by atoms with van der Waals surface area (Å²) < 4.78 is 0. The first-order valence-electron chi connectivity index (χ1n) is 5.77. The first-order chi connectivity index (χ1) is 7.06. The SMILES string of the molecule is CCC1NC(C)N(CCCN(C)C)C1=O. The normalized spacial score (nSPS) is 26.7. The average molecular weight is 213 g/mol. The van der Waals surface area contributed by atoms with Crippen LogP contribution in [-0.4, -0.2) is 55.1 Å². The van der Waals surface area contributed by atoms with Crippen LogP contribution in [0.5, 0.6) is 0 Å². The van der Waals surface area contributed by atoms with Gasteiger partial charge in [0.1, 0.15) is 0 Å². The van der Waals surface area contributed by atoms with E-state index in [9.17, 15) is 4.79 Å². The Morgan fingerprint density at radius 1 is 1.47 bits per heavy atom. The van der Waals surface area contributed by atoms with Crippen molar-refractivity contribution in [2.24, 2.45) is 0 Å². The zero-order chi connectivity index (χ0) is 11.4. The van der Waals surface area contributed by atoms with E-state index in [0.29, 0.717) is 0 Å². The van der Waals surface area contributed by atoms with E-state index in [1.165, 1.54) is 0 Å². The molecule has 2 atom stereocenters. The molecule has 0 aromatic rings. The Labute approximate surface area is 92.6 Å². The highest BCUT2D eigenvalue weighted by Gasteiger charge is 2.34. The number of carbonyl (C=O) groups is 1. The number of hydrogen-bond donors (Lipinski definition) is 1. The Morgan fingerprint density at radius 3 is 2.60 bits per heavy atom. The van der Waals surface area contributed by atoms with E-state index in [0.717, 1.165) is 25.9 Å². The monoisotopic (exact) mass is 213 g/mol. The molecule has 0 spiro atoms. The minimum Gasteiger partial charge on any atom is -0.326 e. The second-order valence-electron chi connectivity index (χ2n) is 4.49. The van der Waals surface area contributed by atoms with Crippen LogP contribution in [0.3, 0.4) is 0 Å². The van der Waals surface area contributed by atoms with Gasteiger partial charge in [-0.15, -0.1) is 0 Å². The molecule has 1 heterocycles. The third-order valence-corrected chi connectivity index (χ3v) is 2.90. The molecule has 1 saturated heterocycles. The second kappa shape index (κ2) is 5.47. The molecule has 0 bridgehead atoms. The molecule has 2 unspecified atom stereocenters. The lowest BCUT2D eigenvalue weighted by atomic mass is 10.2. The molecule has 1 N–H and O–H groups in total. The highest BCUT2D eigenvalue weighted by molar-refractivity contribution is 5.84. The topological polar surface area (TPSA) is 35.6 Å². The molecule has 15 heavy (non-hydrogen) atoms. The molecule has 0 aliphatic carbocycles. The molecule has 1 aliphatic rings. The van der Waals surface area contributed by atoms with Gasteiger partial charge in [-0.3, -0.25) is 10.1 Å². The molecule has 0 saturated carbocycles. The lowest BCUT2D eigenvalue weighted by Crippen LogP contribution is -2.36. The fourth-order valence-corrected chi connectivity index (χ4v) is 2.00. The zero-order valence-electron chi connectivity index (χ0n) is 10.3. The molecule has 0 radical (unpaired) electrons. The zero-order valence-corrected chi connectivity index (χ0v) is 10.3. The van der Waals surface area contributed by atoms with Crippen LogP contribution in [0.2, 0.25) is 0 Å². The Kier molecular flexibility index (Phi) is 4.54. The first kappa shape index (κ1) is 12.5. The Bertz CT molecular complexity index is 218. The van der Waals surface area contributed by atoms with Crippen LogP contribution in [0.25, 0.3) is 0 Å². The molecule has 0 aromatic carbocycles. The van der Waals surface area contributed by atoms with Crippen LogP contribution in [0.4, 0.5) is 0 Å². The second-order valence-corrected chi connectivity index (χ2v) is 4.49. The highest BCUT2D eigenvalue weighted by atomic mass is 16.2. The minimum atomic E-state index is 0.0411. The lowest BCUT2D eigenvalue weighted by molar-refractivity contribution is -0.130. The van der Waals surface area contributed by atoms with Crippen molar-refractivity contribution in [3.8, 4) is 0 Å².